The summed E-state index contributed by atoms with van der Waals surface area (Å²) in [5.74, 6) is -1.90. The van der Waals surface area contributed by atoms with Crippen molar-refractivity contribution in [1.29, 1.82) is 0 Å². The molecule has 0 unspecified atom stereocenters. The molecule has 12 heteroatoms. The van der Waals surface area contributed by atoms with Crippen LogP contribution in [0.4, 0.5) is 10.1 Å². The zero-order valence-corrected chi connectivity index (χ0v) is 26.6. The number of pyridine rings is 1. The summed E-state index contributed by atoms with van der Waals surface area (Å²) < 4.78 is 26.4. The number of anilines is 1. The Labute approximate surface area is 271 Å². The zero-order valence-electron chi connectivity index (χ0n) is 25.8. The SMILES string of the molecule is COCCOC(=O)Cc1ccc2c(c1)NC(=O)[C@H](C)CCC[C@H](NC(=O)c1ncn(-c3cccc(Cl)c3F)c1C)c1ccnc-2c1. The first-order valence-corrected chi connectivity index (χ1v) is 15.4. The van der Waals surface area contributed by atoms with Crippen LogP contribution < -0.4 is 10.6 Å². The van der Waals surface area contributed by atoms with E-state index in [1.54, 1.807) is 37.4 Å². The van der Waals surface area contributed by atoms with Gasteiger partial charge in [-0.05, 0) is 61.2 Å². The van der Waals surface area contributed by atoms with Crippen LogP contribution in [0.1, 0.15) is 59.5 Å². The van der Waals surface area contributed by atoms with Gasteiger partial charge in [0.25, 0.3) is 5.91 Å². The Morgan fingerprint density at radius 3 is 2.76 bits per heavy atom. The summed E-state index contributed by atoms with van der Waals surface area (Å²) in [7, 11) is 1.53. The molecule has 4 aromatic rings. The van der Waals surface area contributed by atoms with Crippen molar-refractivity contribution in [1.82, 2.24) is 19.9 Å². The van der Waals surface area contributed by atoms with Gasteiger partial charge in [0.2, 0.25) is 5.91 Å². The van der Waals surface area contributed by atoms with Crippen LogP contribution in [0.25, 0.3) is 16.9 Å². The second-order valence-corrected chi connectivity index (χ2v) is 11.6. The lowest BCUT2D eigenvalue weighted by atomic mass is 9.94. The summed E-state index contributed by atoms with van der Waals surface area (Å²) in [4.78, 5) is 48.0. The Hall–Kier alpha value is -4.61. The minimum Gasteiger partial charge on any atom is -0.463 e. The number of ether oxygens (including phenoxy) is 2. The molecule has 1 aliphatic heterocycles. The van der Waals surface area contributed by atoms with Crippen molar-refractivity contribution >= 4 is 35.1 Å². The van der Waals surface area contributed by atoms with Crippen LogP contribution in [0.2, 0.25) is 5.02 Å². The Morgan fingerprint density at radius 1 is 1.13 bits per heavy atom. The standard InChI is InChI=1S/C34H35ClFN5O5/c1-20-6-4-8-26(39-34(44)32-21(2)41(19-38-32)29-9-5-7-25(35)31(29)36)23-12-13-37-27(18-23)24-11-10-22(16-28(24)40-33(20)43)17-30(42)46-15-14-45-3/h5,7,9-13,16,18-20,26H,4,6,8,14-15,17H2,1-3H3,(H,39,44)(H,40,43)/t20-,26+/m1/s1. The second kappa shape index (κ2) is 14.7. The van der Waals surface area contributed by atoms with Gasteiger partial charge in [0.1, 0.15) is 18.6 Å². The third kappa shape index (κ3) is 7.43. The molecule has 0 saturated heterocycles. The third-order valence-corrected chi connectivity index (χ3v) is 8.29. The van der Waals surface area contributed by atoms with Crippen LogP contribution >= 0.6 is 11.6 Å². The zero-order chi connectivity index (χ0) is 32.8. The summed E-state index contributed by atoms with van der Waals surface area (Å²) in [5.41, 5.74) is 4.10. The molecule has 0 radical (unpaired) electrons. The average molecular weight is 648 g/mol. The summed E-state index contributed by atoms with van der Waals surface area (Å²) in [6, 6.07) is 13.3. The first-order chi connectivity index (χ1) is 22.2. The molecule has 10 nitrogen and oxygen atoms in total. The number of nitrogens with zero attached hydrogens (tertiary/aromatic N) is 3. The molecular formula is C34H35ClFN5O5. The van der Waals surface area contributed by atoms with E-state index in [-0.39, 0.29) is 41.3 Å². The van der Waals surface area contributed by atoms with Crippen molar-refractivity contribution in [2.45, 2.75) is 45.6 Å². The number of fused-ring (bicyclic) bond motifs is 4. The van der Waals surface area contributed by atoms with E-state index >= 15 is 0 Å². The van der Waals surface area contributed by atoms with Crippen molar-refractivity contribution in [2.75, 3.05) is 25.6 Å². The molecule has 0 saturated carbocycles. The molecule has 240 valence electrons. The van der Waals surface area contributed by atoms with E-state index in [1.165, 1.54) is 24.1 Å². The van der Waals surface area contributed by atoms with Crippen LogP contribution in [0.3, 0.4) is 0 Å². The van der Waals surface area contributed by atoms with Crippen molar-refractivity contribution in [2.24, 2.45) is 5.92 Å². The molecule has 0 aliphatic carbocycles. The number of rotatable bonds is 8. The smallest absolute Gasteiger partial charge is 0.310 e. The van der Waals surface area contributed by atoms with Gasteiger partial charge in [-0.3, -0.25) is 23.9 Å². The predicted octanol–water partition coefficient (Wildman–Crippen LogP) is 6.00. The van der Waals surface area contributed by atoms with Crippen LogP contribution in [0.15, 0.2) is 61.1 Å². The molecular weight excluding hydrogens is 613 g/mol. The highest BCUT2D eigenvalue weighted by atomic mass is 35.5. The normalized spacial score (nSPS) is 16.4. The number of esters is 1. The molecule has 2 bridgehead atoms. The first-order valence-electron chi connectivity index (χ1n) is 15.0. The van der Waals surface area contributed by atoms with E-state index in [0.717, 1.165) is 5.56 Å². The maximum Gasteiger partial charge on any atom is 0.310 e. The number of hydrogen-bond donors (Lipinski definition) is 2. The van der Waals surface area contributed by atoms with Crippen LogP contribution in [0, 0.1) is 18.7 Å². The quantitative estimate of drug-likeness (QED) is 0.178. The number of amides is 2. The summed E-state index contributed by atoms with van der Waals surface area (Å²) in [6.07, 6.45) is 4.88. The highest BCUT2D eigenvalue weighted by molar-refractivity contribution is 6.30. The van der Waals surface area contributed by atoms with Gasteiger partial charge in [0.05, 0.1) is 46.9 Å². The van der Waals surface area contributed by atoms with Gasteiger partial charge in [0, 0.05) is 24.8 Å². The van der Waals surface area contributed by atoms with Gasteiger partial charge in [0.15, 0.2) is 5.82 Å². The van der Waals surface area contributed by atoms with Gasteiger partial charge in [-0.1, -0.05) is 43.1 Å². The Balaban J connectivity index is 1.44. The lowest BCUT2D eigenvalue weighted by molar-refractivity contribution is -0.144. The van der Waals surface area contributed by atoms with E-state index in [4.69, 9.17) is 21.1 Å². The molecule has 5 rings (SSSR count). The summed E-state index contributed by atoms with van der Waals surface area (Å²) in [6.45, 7) is 4.01. The lowest BCUT2D eigenvalue weighted by Crippen LogP contribution is -2.30. The van der Waals surface area contributed by atoms with Crippen LogP contribution in [0.5, 0.6) is 0 Å². The van der Waals surface area contributed by atoms with Gasteiger partial charge in [-0.15, -0.1) is 0 Å². The highest BCUT2D eigenvalue weighted by Crippen LogP contribution is 2.33. The van der Waals surface area contributed by atoms with Gasteiger partial charge < -0.3 is 20.1 Å². The van der Waals surface area contributed by atoms with E-state index in [0.29, 0.717) is 54.1 Å². The number of carbonyl (C=O) groups is 3. The molecule has 1 aliphatic rings. The molecule has 2 N–H and O–H groups in total. The number of methoxy groups -OCH3 is 1. The highest BCUT2D eigenvalue weighted by Gasteiger charge is 2.24. The summed E-state index contributed by atoms with van der Waals surface area (Å²) >= 11 is 5.98. The van der Waals surface area contributed by atoms with E-state index in [9.17, 15) is 18.8 Å². The number of hydrogen-bond acceptors (Lipinski definition) is 7. The molecule has 46 heavy (non-hydrogen) atoms. The van der Waals surface area contributed by atoms with Crippen LogP contribution in [-0.2, 0) is 25.5 Å². The number of imidazole rings is 1. The van der Waals surface area contributed by atoms with E-state index < -0.39 is 23.7 Å². The Kier molecular flexibility index (Phi) is 10.4. The molecule has 2 aromatic heterocycles. The summed E-state index contributed by atoms with van der Waals surface area (Å²) in [5, 5.41) is 6.11. The number of carbonyl (C=O) groups excluding carboxylic acids is 3. The van der Waals surface area contributed by atoms with Crippen molar-refractivity contribution in [3.8, 4) is 16.9 Å². The Morgan fingerprint density at radius 2 is 1.96 bits per heavy atom. The van der Waals surface area contributed by atoms with Crippen molar-refractivity contribution in [3.05, 3.63) is 94.4 Å². The number of halogens is 2. The van der Waals surface area contributed by atoms with Gasteiger partial charge >= 0.3 is 5.97 Å². The van der Waals surface area contributed by atoms with Crippen LogP contribution in [-0.4, -0.2) is 52.6 Å². The first kappa shape index (κ1) is 32.8. The monoisotopic (exact) mass is 647 g/mol. The second-order valence-electron chi connectivity index (χ2n) is 11.2. The fourth-order valence-electron chi connectivity index (χ4n) is 5.41. The van der Waals surface area contributed by atoms with Gasteiger partial charge in [-0.2, -0.15) is 0 Å². The molecule has 2 atom stereocenters. The van der Waals surface area contributed by atoms with E-state index in [1.807, 2.05) is 25.1 Å². The maximum absolute atomic E-state index is 14.7. The average Bonchev–Trinajstić information content (AvgIpc) is 3.42. The fourth-order valence-corrected chi connectivity index (χ4v) is 5.58. The number of nitrogens with one attached hydrogen (secondary N) is 2. The predicted molar refractivity (Wildman–Crippen MR) is 171 cm³/mol. The lowest BCUT2D eigenvalue weighted by Gasteiger charge is -2.22. The van der Waals surface area contributed by atoms with Crippen molar-refractivity contribution < 1.29 is 28.2 Å². The topological polar surface area (TPSA) is 124 Å². The molecule has 2 aromatic carbocycles. The number of benzene rings is 2. The molecule has 0 spiro atoms. The molecule has 2 amide bonds. The van der Waals surface area contributed by atoms with E-state index in [2.05, 4.69) is 20.6 Å². The molecule has 3 heterocycles. The number of aromatic nitrogens is 3. The fraction of sp³-hybridized carbons (Fsp3) is 0.324. The molecule has 0 fully saturated rings. The van der Waals surface area contributed by atoms with Crippen molar-refractivity contribution in [3.63, 3.8) is 0 Å². The minimum absolute atomic E-state index is 0.0283. The Bertz CT molecular complexity index is 1760. The minimum atomic E-state index is -0.604. The largest absolute Gasteiger partial charge is 0.463 e. The third-order valence-electron chi connectivity index (χ3n) is 8.00. The van der Waals surface area contributed by atoms with Gasteiger partial charge in [-0.25, -0.2) is 9.37 Å². The maximum atomic E-state index is 14.7.